The number of aryl methyl sites for hydroxylation is 1. The first-order valence-electron chi connectivity index (χ1n) is 8.55. The molecule has 0 saturated carbocycles. The van der Waals surface area contributed by atoms with E-state index < -0.39 is 0 Å². The van der Waals surface area contributed by atoms with E-state index in [0.29, 0.717) is 12.0 Å². The van der Waals surface area contributed by atoms with Crippen LogP contribution in [0.4, 0.5) is 0 Å². The molecule has 6 nitrogen and oxygen atoms in total. The van der Waals surface area contributed by atoms with Crippen LogP contribution in [0.2, 0.25) is 0 Å². The highest BCUT2D eigenvalue weighted by Crippen LogP contribution is 2.34. The average Bonchev–Trinajstić information content (AvgIpc) is 3.26. The van der Waals surface area contributed by atoms with Gasteiger partial charge in [-0.05, 0) is 33.3 Å². The number of rotatable bonds is 7. The van der Waals surface area contributed by atoms with Crippen molar-refractivity contribution in [3.05, 3.63) is 36.2 Å². The van der Waals surface area contributed by atoms with E-state index in [-0.39, 0.29) is 6.10 Å². The summed E-state index contributed by atoms with van der Waals surface area (Å²) in [6, 6.07) is 2.52. The zero-order chi connectivity index (χ0) is 16.2. The van der Waals surface area contributed by atoms with Gasteiger partial charge in [0, 0.05) is 50.6 Å². The van der Waals surface area contributed by atoms with Crippen molar-refractivity contribution < 1.29 is 4.74 Å². The normalized spacial score (nSPS) is 21.4. The van der Waals surface area contributed by atoms with Gasteiger partial charge < -0.3 is 14.6 Å². The lowest BCUT2D eigenvalue weighted by Crippen LogP contribution is -2.26. The first-order valence-corrected chi connectivity index (χ1v) is 8.55. The molecule has 1 fully saturated rings. The Morgan fingerprint density at radius 3 is 3.09 bits per heavy atom. The summed E-state index contributed by atoms with van der Waals surface area (Å²) in [7, 11) is 0. The molecule has 0 aliphatic carbocycles. The van der Waals surface area contributed by atoms with Crippen LogP contribution in [0.25, 0.3) is 0 Å². The maximum Gasteiger partial charge on any atom is 0.103 e. The lowest BCUT2D eigenvalue weighted by molar-refractivity contribution is 0.0829. The molecule has 2 atom stereocenters. The third-order valence-electron chi connectivity index (χ3n) is 4.57. The van der Waals surface area contributed by atoms with Gasteiger partial charge in [0.2, 0.25) is 0 Å². The molecule has 3 rings (SSSR count). The van der Waals surface area contributed by atoms with E-state index in [0.717, 1.165) is 32.7 Å². The van der Waals surface area contributed by atoms with Crippen LogP contribution in [0.15, 0.2) is 24.8 Å². The SMILES string of the molecule is CCn1nccc1[C@@H]1OCC[C@H]1CNCc1cncn1C(C)C. The fourth-order valence-corrected chi connectivity index (χ4v) is 3.34. The molecule has 2 aromatic rings. The highest BCUT2D eigenvalue weighted by Gasteiger charge is 2.31. The van der Waals surface area contributed by atoms with Crippen molar-refractivity contribution in [1.29, 1.82) is 0 Å². The van der Waals surface area contributed by atoms with Crippen LogP contribution >= 0.6 is 0 Å². The fraction of sp³-hybridized carbons (Fsp3) is 0.647. The molecule has 0 spiro atoms. The molecular weight excluding hydrogens is 290 g/mol. The lowest BCUT2D eigenvalue weighted by Gasteiger charge is -2.20. The monoisotopic (exact) mass is 317 g/mol. The van der Waals surface area contributed by atoms with Gasteiger partial charge in [-0.2, -0.15) is 5.10 Å². The largest absolute Gasteiger partial charge is 0.372 e. The third-order valence-corrected chi connectivity index (χ3v) is 4.57. The molecule has 2 aromatic heterocycles. The van der Waals surface area contributed by atoms with Gasteiger partial charge in [-0.25, -0.2) is 4.98 Å². The standard InChI is InChI=1S/C17H27N5O/c1-4-22-16(5-7-20-22)17-14(6-8-23-17)9-18-10-15-11-19-12-21(15)13(2)3/h5,7,11-14,17-18H,4,6,8-10H2,1-3H3/t14-,17+/m0/s1. The number of hydrogen-bond donors (Lipinski definition) is 1. The van der Waals surface area contributed by atoms with Crippen LogP contribution < -0.4 is 5.32 Å². The molecule has 0 unspecified atom stereocenters. The summed E-state index contributed by atoms with van der Waals surface area (Å²) < 4.78 is 10.2. The van der Waals surface area contributed by atoms with Crippen LogP contribution in [0.3, 0.4) is 0 Å². The second-order valence-corrected chi connectivity index (χ2v) is 6.43. The molecule has 1 aliphatic heterocycles. The minimum atomic E-state index is 0.153. The summed E-state index contributed by atoms with van der Waals surface area (Å²) in [5.74, 6) is 0.493. The molecule has 23 heavy (non-hydrogen) atoms. The minimum Gasteiger partial charge on any atom is -0.372 e. The number of nitrogens with zero attached hydrogens (tertiary/aromatic N) is 4. The van der Waals surface area contributed by atoms with Gasteiger partial charge in [0.1, 0.15) is 6.10 Å². The molecule has 126 valence electrons. The van der Waals surface area contributed by atoms with Crippen molar-refractivity contribution in [1.82, 2.24) is 24.6 Å². The van der Waals surface area contributed by atoms with Crippen molar-refractivity contribution in [3.8, 4) is 0 Å². The Bertz CT molecular complexity index is 618. The van der Waals surface area contributed by atoms with Gasteiger partial charge in [0.15, 0.2) is 0 Å². The minimum absolute atomic E-state index is 0.153. The Balaban J connectivity index is 1.58. The van der Waals surface area contributed by atoms with E-state index in [1.54, 1.807) is 0 Å². The molecule has 1 N–H and O–H groups in total. The Labute approximate surface area is 137 Å². The fourth-order valence-electron chi connectivity index (χ4n) is 3.34. The predicted molar refractivity (Wildman–Crippen MR) is 89.0 cm³/mol. The van der Waals surface area contributed by atoms with Crippen LogP contribution in [0, 0.1) is 5.92 Å². The maximum absolute atomic E-state index is 5.98. The zero-order valence-corrected chi connectivity index (χ0v) is 14.3. The quantitative estimate of drug-likeness (QED) is 0.852. The number of ether oxygens (including phenoxy) is 1. The third kappa shape index (κ3) is 3.48. The van der Waals surface area contributed by atoms with E-state index >= 15 is 0 Å². The van der Waals surface area contributed by atoms with Gasteiger partial charge in [-0.1, -0.05) is 0 Å². The smallest absolute Gasteiger partial charge is 0.103 e. The van der Waals surface area contributed by atoms with E-state index in [1.807, 2.05) is 23.4 Å². The summed E-state index contributed by atoms with van der Waals surface area (Å²) in [5, 5.41) is 7.95. The topological polar surface area (TPSA) is 56.9 Å². The number of hydrogen-bond acceptors (Lipinski definition) is 4. The van der Waals surface area contributed by atoms with Crippen molar-refractivity contribution in [2.75, 3.05) is 13.2 Å². The molecule has 1 saturated heterocycles. The Hall–Kier alpha value is -1.66. The van der Waals surface area contributed by atoms with Gasteiger partial charge in [0.05, 0.1) is 17.7 Å². The second-order valence-electron chi connectivity index (χ2n) is 6.43. The second kappa shape index (κ2) is 7.27. The van der Waals surface area contributed by atoms with Crippen molar-refractivity contribution >= 4 is 0 Å². The van der Waals surface area contributed by atoms with Crippen molar-refractivity contribution in [3.63, 3.8) is 0 Å². The summed E-state index contributed by atoms with van der Waals surface area (Å²) in [6.45, 7) is 9.98. The Morgan fingerprint density at radius 2 is 2.30 bits per heavy atom. The highest BCUT2D eigenvalue weighted by atomic mass is 16.5. The first kappa shape index (κ1) is 16.2. The van der Waals surface area contributed by atoms with Crippen LogP contribution in [0.1, 0.15) is 50.7 Å². The summed E-state index contributed by atoms with van der Waals surface area (Å²) in [5.41, 5.74) is 2.43. The molecule has 3 heterocycles. The summed E-state index contributed by atoms with van der Waals surface area (Å²) >= 11 is 0. The number of imidazole rings is 1. The van der Waals surface area contributed by atoms with E-state index in [1.165, 1.54) is 11.4 Å². The summed E-state index contributed by atoms with van der Waals surface area (Å²) in [6.07, 6.45) is 6.97. The zero-order valence-electron chi connectivity index (χ0n) is 14.3. The molecular formula is C17H27N5O. The first-order chi connectivity index (χ1) is 11.2. The molecule has 1 aliphatic rings. The predicted octanol–water partition coefficient (Wildman–Crippen LogP) is 2.55. The van der Waals surface area contributed by atoms with E-state index in [4.69, 9.17) is 4.74 Å². The van der Waals surface area contributed by atoms with Crippen LogP contribution in [0.5, 0.6) is 0 Å². The van der Waals surface area contributed by atoms with Gasteiger partial charge in [-0.3, -0.25) is 4.68 Å². The van der Waals surface area contributed by atoms with Gasteiger partial charge >= 0.3 is 0 Å². The Kier molecular flexibility index (Phi) is 5.13. The number of aromatic nitrogens is 4. The lowest BCUT2D eigenvalue weighted by atomic mass is 9.99. The van der Waals surface area contributed by atoms with E-state index in [9.17, 15) is 0 Å². The van der Waals surface area contributed by atoms with Crippen LogP contribution in [-0.4, -0.2) is 32.5 Å². The molecule has 0 bridgehead atoms. The Morgan fingerprint density at radius 1 is 1.43 bits per heavy atom. The number of nitrogens with one attached hydrogen (secondary N) is 1. The molecule has 0 radical (unpaired) electrons. The highest BCUT2D eigenvalue weighted by molar-refractivity contribution is 5.08. The van der Waals surface area contributed by atoms with Crippen LogP contribution in [-0.2, 0) is 17.8 Å². The van der Waals surface area contributed by atoms with Gasteiger partial charge in [0.25, 0.3) is 0 Å². The molecule has 6 heteroatoms. The van der Waals surface area contributed by atoms with Crippen molar-refractivity contribution in [2.45, 2.75) is 52.4 Å². The maximum atomic E-state index is 5.98. The summed E-state index contributed by atoms with van der Waals surface area (Å²) in [4.78, 5) is 4.26. The van der Waals surface area contributed by atoms with Crippen molar-refractivity contribution in [2.24, 2.45) is 5.92 Å². The molecule has 0 aromatic carbocycles. The molecule has 0 amide bonds. The average molecular weight is 317 g/mol. The van der Waals surface area contributed by atoms with E-state index in [2.05, 4.69) is 46.8 Å². The van der Waals surface area contributed by atoms with Gasteiger partial charge in [-0.15, -0.1) is 0 Å².